The molecular formula is C41H60N2O5. The molecule has 0 saturated heterocycles. The molecule has 7 heteroatoms. The van der Waals surface area contributed by atoms with Gasteiger partial charge in [0, 0.05) is 19.2 Å². The highest BCUT2D eigenvalue weighted by Gasteiger charge is 2.71. The van der Waals surface area contributed by atoms with Gasteiger partial charge in [0.25, 0.3) is 0 Å². The minimum atomic E-state index is -0.884. The Morgan fingerprint density at radius 1 is 0.833 bits per heavy atom. The van der Waals surface area contributed by atoms with Crippen molar-refractivity contribution in [2.75, 3.05) is 13.1 Å². The van der Waals surface area contributed by atoms with Gasteiger partial charge in [0.15, 0.2) is 0 Å². The first-order valence-corrected chi connectivity index (χ1v) is 18.5. The third-order valence-electron chi connectivity index (χ3n) is 15.1. The summed E-state index contributed by atoms with van der Waals surface area (Å²) >= 11 is 0. The van der Waals surface area contributed by atoms with Crippen molar-refractivity contribution in [3.8, 4) is 5.75 Å². The molecule has 0 radical (unpaired) electrons. The van der Waals surface area contributed by atoms with Gasteiger partial charge in [-0.1, -0.05) is 72.2 Å². The van der Waals surface area contributed by atoms with Gasteiger partial charge in [0.1, 0.15) is 5.75 Å². The van der Waals surface area contributed by atoms with Crippen molar-refractivity contribution in [1.82, 2.24) is 10.6 Å². The van der Waals surface area contributed by atoms with E-state index in [9.17, 15) is 24.9 Å². The van der Waals surface area contributed by atoms with Crippen LogP contribution >= 0.6 is 0 Å². The third kappa shape index (κ3) is 5.37. The summed E-state index contributed by atoms with van der Waals surface area (Å²) in [6.07, 6.45) is 12.7. The summed E-state index contributed by atoms with van der Waals surface area (Å²) in [6, 6.07) is 6.61. The first kappa shape index (κ1) is 35.2. The summed E-state index contributed by atoms with van der Waals surface area (Å²) in [7, 11) is 0. The largest absolute Gasteiger partial charge is 0.508 e. The van der Waals surface area contributed by atoms with Gasteiger partial charge in [-0.2, -0.15) is 0 Å². The lowest BCUT2D eigenvalue weighted by Gasteiger charge is -2.71. The first-order chi connectivity index (χ1) is 22.4. The molecule has 5 aliphatic rings. The number of fused-ring (bicyclic) bond motifs is 7. The topological polar surface area (TPSA) is 119 Å². The van der Waals surface area contributed by atoms with E-state index in [0.717, 1.165) is 50.5 Å². The minimum absolute atomic E-state index is 0.0101. The van der Waals surface area contributed by atoms with Crippen LogP contribution in [0.15, 0.2) is 42.0 Å². The van der Waals surface area contributed by atoms with E-state index >= 15 is 0 Å². The van der Waals surface area contributed by atoms with E-state index in [1.807, 2.05) is 0 Å². The lowest BCUT2D eigenvalue weighted by atomic mass is 9.33. The molecule has 7 nitrogen and oxygen atoms in total. The highest BCUT2D eigenvalue weighted by molar-refractivity contribution is 5.91. The second-order valence-corrected chi connectivity index (χ2v) is 18.3. The molecule has 1 aromatic rings. The standard InChI is InChI=1S/C41H60N2O5/c1-36(2)20-21-41(35(48)43-23-22-42-34(47)15-10-26-8-11-27(44)12-9-26)29(24-36)28-13-14-31-38(5)18-17-32(45)37(3,4)30(38)16-19-39(31,6)40(28,7)25-33(41)46/h8-13,15,29-33,44-46H,14,16-25H2,1-7H3,(H,42,47)(H,43,48)/b15-10+/t29-,30-,31+,32-,33+,38-,39+,40+,41+/m0/s1. The second kappa shape index (κ2) is 12.0. The molecular weight excluding hydrogens is 600 g/mol. The number of hydrogen-bond donors (Lipinski definition) is 5. The number of carbonyl (C=O) groups is 2. The third-order valence-corrected chi connectivity index (χ3v) is 15.1. The molecule has 1 aromatic carbocycles. The number of rotatable bonds is 6. The van der Waals surface area contributed by atoms with Gasteiger partial charge in [0.2, 0.25) is 11.8 Å². The number of hydrogen-bond acceptors (Lipinski definition) is 5. The number of aliphatic hydroxyl groups excluding tert-OH is 2. The second-order valence-electron chi connectivity index (χ2n) is 18.3. The smallest absolute Gasteiger partial charge is 0.244 e. The number of amides is 2. The molecule has 5 N–H and O–H groups in total. The summed E-state index contributed by atoms with van der Waals surface area (Å²) in [5.41, 5.74) is 1.16. The van der Waals surface area contributed by atoms with E-state index in [-0.39, 0.29) is 63.2 Å². The fourth-order valence-corrected chi connectivity index (χ4v) is 12.1. The number of aliphatic hydroxyl groups is 2. The van der Waals surface area contributed by atoms with Gasteiger partial charge >= 0.3 is 0 Å². The van der Waals surface area contributed by atoms with Crippen molar-refractivity contribution in [2.45, 2.75) is 118 Å². The van der Waals surface area contributed by atoms with Gasteiger partial charge in [-0.15, -0.1) is 0 Å². The average molecular weight is 661 g/mol. The van der Waals surface area contributed by atoms with Crippen molar-refractivity contribution in [3.63, 3.8) is 0 Å². The molecule has 4 fully saturated rings. The Morgan fingerprint density at radius 2 is 1.52 bits per heavy atom. The summed E-state index contributed by atoms with van der Waals surface area (Å²) in [5.74, 6) is 0.718. The molecule has 4 saturated carbocycles. The number of benzene rings is 1. The van der Waals surface area contributed by atoms with Crippen molar-refractivity contribution in [2.24, 2.45) is 50.2 Å². The zero-order valence-electron chi connectivity index (χ0n) is 30.4. The van der Waals surface area contributed by atoms with Gasteiger partial charge in [0.05, 0.1) is 17.6 Å². The van der Waals surface area contributed by atoms with Gasteiger partial charge in [-0.3, -0.25) is 9.59 Å². The van der Waals surface area contributed by atoms with E-state index < -0.39 is 11.5 Å². The zero-order valence-corrected chi connectivity index (χ0v) is 30.4. The molecule has 0 aliphatic heterocycles. The molecule has 48 heavy (non-hydrogen) atoms. The Bertz CT molecular complexity index is 1480. The molecule has 0 heterocycles. The Balaban J connectivity index is 1.22. The van der Waals surface area contributed by atoms with Crippen molar-refractivity contribution in [1.29, 1.82) is 0 Å². The highest BCUT2D eigenvalue weighted by atomic mass is 16.3. The fourth-order valence-electron chi connectivity index (χ4n) is 12.1. The summed E-state index contributed by atoms with van der Waals surface area (Å²) in [5, 5.41) is 38.9. The van der Waals surface area contributed by atoms with Crippen LogP contribution in [0, 0.1) is 50.2 Å². The fraction of sp³-hybridized carbons (Fsp3) is 0.707. The SMILES string of the molecule is CC1(C)CC[C@]2(C(=O)NCCNC(=O)/C=C/c3ccc(O)cc3)[C@H](O)C[C@]3(C)C(=CC[C@@H]4[C@@]5(C)CC[C@H](O)C(C)(C)[C@@H]5CC[C@]43C)[C@@H]2C1. The molecule has 0 aromatic heterocycles. The normalized spacial score (nSPS) is 41.2. The maximum atomic E-state index is 14.4. The Labute approximate surface area is 288 Å². The Hall–Kier alpha value is -2.64. The van der Waals surface area contributed by atoms with Crippen molar-refractivity contribution < 1.29 is 24.9 Å². The zero-order chi connectivity index (χ0) is 34.9. The number of aromatic hydroxyl groups is 1. The van der Waals surface area contributed by atoms with E-state index in [2.05, 4.69) is 65.2 Å². The van der Waals surface area contributed by atoms with Crippen LogP contribution in [0.2, 0.25) is 0 Å². The van der Waals surface area contributed by atoms with Gasteiger partial charge < -0.3 is 26.0 Å². The van der Waals surface area contributed by atoms with E-state index in [0.29, 0.717) is 31.2 Å². The van der Waals surface area contributed by atoms with Crippen LogP contribution in [0.4, 0.5) is 0 Å². The molecule has 6 rings (SSSR count). The summed E-state index contributed by atoms with van der Waals surface area (Å²) < 4.78 is 0. The first-order valence-electron chi connectivity index (χ1n) is 18.5. The van der Waals surface area contributed by atoms with Crippen molar-refractivity contribution in [3.05, 3.63) is 47.6 Å². The number of carbonyl (C=O) groups excluding carboxylic acids is 2. The van der Waals surface area contributed by atoms with Crippen LogP contribution in [0.5, 0.6) is 5.75 Å². The minimum Gasteiger partial charge on any atom is -0.508 e. The molecule has 264 valence electrons. The van der Waals surface area contributed by atoms with E-state index in [1.165, 1.54) is 11.6 Å². The lowest BCUT2D eigenvalue weighted by molar-refractivity contribution is -0.215. The Kier molecular flexibility index (Phi) is 8.80. The molecule has 5 aliphatic carbocycles. The lowest BCUT2D eigenvalue weighted by Crippen LogP contribution is -2.68. The maximum Gasteiger partial charge on any atom is 0.244 e. The summed E-state index contributed by atoms with van der Waals surface area (Å²) in [4.78, 5) is 26.8. The summed E-state index contributed by atoms with van der Waals surface area (Å²) in [6.45, 7) is 17.1. The van der Waals surface area contributed by atoms with Crippen LogP contribution in [-0.4, -0.2) is 52.4 Å². The van der Waals surface area contributed by atoms with Crippen LogP contribution in [-0.2, 0) is 9.59 Å². The van der Waals surface area contributed by atoms with Crippen LogP contribution in [0.25, 0.3) is 6.08 Å². The predicted molar refractivity (Wildman–Crippen MR) is 190 cm³/mol. The maximum absolute atomic E-state index is 14.4. The molecule has 0 bridgehead atoms. The number of phenolic OH excluding ortho intramolecular Hbond substituents is 1. The molecule has 0 spiro atoms. The predicted octanol–water partition coefficient (Wildman–Crippen LogP) is 6.77. The Morgan fingerprint density at radius 3 is 2.23 bits per heavy atom. The van der Waals surface area contributed by atoms with Gasteiger partial charge in [-0.25, -0.2) is 0 Å². The van der Waals surface area contributed by atoms with Crippen LogP contribution in [0.3, 0.4) is 0 Å². The van der Waals surface area contributed by atoms with Gasteiger partial charge in [-0.05, 0) is 126 Å². The number of phenols is 1. The highest BCUT2D eigenvalue weighted by Crippen LogP contribution is 2.75. The number of allylic oxidation sites excluding steroid dienone is 2. The molecule has 2 amide bonds. The van der Waals surface area contributed by atoms with Crippen LogP contribution in [0.1, 0.15) is 112 Å². The molecule has 0 unspecified atom stereocenters. The van der Waals surface area contributed by atoms with Crippen LogP contribution < -0.4 is 10.6 Å². The van der Waals surface area contributed by atoms with Crippen molar-refractivity contribution >= 4 is 17.9 Å². The van der Waals surface area contributed by atoms with E-state index in [1.54, 1.807) is 30.3 Å². The quantitative estimate of drug-likeness (QED) is 0.131. The molecule has 9 atom stereocenters. The van der Waals surface area contributed by atoms with E-state index in [4.69, 9.17) is 0 Å². The monoisotopic (exact) mass is 660 g/mol. The average Bonchev–Trinajstić information content (AvgIpc) is 3.01. The number of nitrogens with one attached hydrogen (secondary N) is 2.